The highest BCUT2D eigenvalue weighted by atomic mass is 15.1. The molecule has 0 radical (unpaired) electrons. The molecule has 0 aliphatic heterocycles. The molecule has 10 rings (SSSR count). The summed E-state index contributed by atoms with van der Waals surface area (Å²) in [6.45, 7) is 0. The molecule has 49 heavy (non-hydrogen) atoms. The van der Waals surface area contributed by atoms with Gasteiger partial charge in [0.1, 0.15) is 5.82 Å². The Bertz CT molecular complexity index is 2860. The molecule has 0 saturated heterocycles. The van der Waals surface area contributed by atoms with E-state index in [1.165, 1.54) is 0 Å². The number of pyridine rings is 5. The van der Waals surface area contributed by atoms with Crippen molar-refractivity contribution in [3.05, 3.63) is 158 Å². The van der Waals surface area contributed by atoms with E-state index in [2.05, 4.69) is 106 Å². The zero-order chi connectivity index (χ0) is 32.3. The van der Waals surface area contributed by atoms with Crippen molar-refractivity contribution in [2.75, 3.05) is 0 Å². The third-order valence-corrected chi connectivity index (χ3v) is 9.42. The van der Waals surface area contributed by atoms with Crippen LogP contribution in [0.5, 0.6) is 0 Å². The van der Waals surface area contributed by atoms with E-state index in [-0.39, 0.29) is 0 Å². The van der Waals surface area contributed by atoms with E-state index in [0.29, 0.717) is 0 Å². The van der Waals surface area contributed by atoms with Crippen molar-refractivity contribution in [2.24, 2.45) is 0 Å². The van der Waals surface area contributed by atoms with Crippen LogP contribution >= 0.6 is 0 Å². The molecule has 228 valence electrons. The van der Waals surface area contributed by atoms with Gasteiger partial charge in [-0.1, -0.05) is 54.6 Å². The molecule has 4 aromatic carbocycles. The normalized spacial score (nSPS) is 11.7. The van der Waals surface area contributed by atoms with Gasteiger partial charge in [-0.05, 0) is 83.7 Å². The van der Waals surface area contributed by atoms with Crippen molar-refractivity contribution < 1.29 is 0 Å². The lowest BCUT2D eigenvalue weighted by atomic mass is 9.97. The number of rotatable bonds is 4. The Morgan fingerprint density at radius 1 is 0.408 bits per heavy atom. The first-order chi connectivity index (χ1) is 24.3. The fourth-order valence-electron chi connectivity index (χ4n) is 7.23. The SMILES string of the molecule is c1ccc(-c2ccc3c(c2)c2cc(-c4ccccn4)c4ccccc4c2n3-c2ccc(-c3cc4cccnc4c4ncccc34)cn2)nc1. The second-order valence-electron chi connectivity index (χ2n) is 12.2. The Hall–Kier alpha value is -6.79. The van der Waals surface area contributed by atoms with Crippen LogP contribution in [0.25, 0.3) is 93.8 Å². The maximum Gasteiger partial charge on any atom is 0.137 e. The predicted molar refractivity (Wildman–Crippen MR) is 199 cm³/mol. The molecule has 0 aliphatic carbocycles. The van der Waals surface area contributed by atoms with Gasteiger partial charge >= 0.3 is 0 Å². The van der Waals surface area contributed by atoms with Crippen molar-refractivity contribution in [1.29, 1.82) is 0 Å². The van der Waals surface area contributed by atoms with Gasteiger partial charge in [-0.2, -0.15) is 0 Å². The quantitative estimate of drug-likeness (QED) is 0.182. The molecule has 0 fully saturated rings. The molecule has 0 spiro atoms. The average Bonchev–Trinajstić information content (AvgIpc) is 3.52. The van der Waals surface area contributed by atoms with Crippen LogP contribution in [0.4, 0.5) is 0 Å². The molecule has 6 aromatic heterocycles. The molecular weight excluding hydrogens is 601 g/mol. The first-order valence-electron chi connectivity index (χ1n) is 16.2. The van der Waals surface area contributed by atoms with Gasteiger partial charge in [0.25, 0.3) is 0 Å². The Morgan fingerprint density at radius 2 is 1.12 bits per heavy atom. The zero-order valence-electron chi connectivity index (χ0n) is 26.2. The first kappa shape index (κ1) is 27.3. The minimum absolute atomic E-state index is 0.843. The monoisotopic (exact) mass is 626 g/mol. The Labute approximate surface area is 281 Å². The Morgan fingerprint density at radius 3 is 1.92 bits per heavy atom. The highest BCUT2D eigenvalue weighted by molar-refractivity contribution is 6.22. The van der Waals surface area contributed by atoms with Gasteiger partial charge < -0.3 is 0 Å². The minimum Gasteiger partial charge on any atom is -0.293 e. The highest BCUT2D eigenvalue weighted by Gasteiger charge is 2.20. The van der Waals surface area contributed by atoms with Gasteiger partial charge in [-0.15, -0.1) is 0 Å². The van der Waals surface area contributed by atoms with Crippen LogP contribution in [0.1, 0.15) is 0 Å². The van der Waals surface area contributed by atoms with Crippen LogP contribution in [0.3, 0.4) is 0 Å². The summed E-state index contributed by atoms with van der Waals surface area (Å²) < 4.78 is 2.30. The summed E-state index contributed by atoms with van der Waals surface area (Å²) in [4.78, 5) is 23.9. The summed E-state index contributed by atoms with van der Waals surface area (Å²) in [6, 6.07) is 44.2. The summed E-state index contributed by atoms with van der Waals surface area (Å²) >= 11 is 0. The van der Waals surface area contributed by atoms with Gasteiger partial charge in [-0.3, -0.25) is 24.5 Å². The summed E-state index contributed by atoms with van der Waals surface area (Å²) in [5, 5.41) is 6.65. The molecule has 0 unspecified atom stereocenters. The lowest BCUT2D eigenvalue weighted by Gasteiger charge is -2.13. The molecule has 6 nitrogen and oxygen atoms in total. The van der Waals surface area contributed by atoms with Crippen LogP contribution in [-0.2, 0) is 0 Å². The van der Waals surface area contributed by atoms with E-state index in [1.807, 2.05) is 67.4 Å². The minimum atomic E-state index is 0.843. The van der Waals surface area contributed by atoms with Crippen molar-refractivity contribution in [2.45, 2.75) is 0 Å². The van der Waals surface area contributed by atoms with Gasteiger partial charge in [0.05, 0.1) is 33.5 Å². The predicted octanol–water partition coefficient (Wildman–Crippen LogP) is 10.2. The maximum atomic E-state index is 5.15. The Balaban J connectivity index is 1.24. The molecule has 0 saturated carbocycles. The van der Waals surface area contributed by atoms with Crippen LogP contribution in [0.2, 0.25) is 0 Å². The molecule has 0 bridgehead atoms. The molecule has 0 aliphatic rings. The van der Waals surface area contributed by atoms with E-state index < -0.39 is 0 Å². The van der Waals surface area contributed by atoms with Gasteiger partial charge in [-0.25, -0.2) is 4.98 Å². The largest absolute Gasteiger partial charge is 0.293 e. The summed E-state index contributed by atoms with van der Waals surface area (Å²) in [5.74, 6) is 0.843. The molecule has 10 aromatic rings. The highest BCUT2D eigenvalue weighted by Crippen LogP contribution is 2.42. The van der Waals surface area contributed by atoms with Gasteiger partial charge in [0.2, 0.25) is 0 Å². The summed E-state index contributed by atoms with van der Waals surface area (Å²) in [6.07, 6.45) is 9.32. The maximum absolute atomic E-state index is 5.15. The number of hydrogen-bond acceptors (Lipinski definition) is 5. The van der Waals surface area contributed by atoms with Crippen LogP contribution in [-0.4, -0.2) is 29.5 Å². The molecule has 0 amide bonds. The van der Waals surface area contributed by atoms with Crippen LogP contribution in [0.15, 0.2) is 158 Å². The smallest absolute Gasteiger partial charge is 0.137 e. The van der Waals surface area contributed by atoms with E-state index >= 15 is 0 Å². The molecule has 6 heterocycles. The van der Waals surface area contributed by atoms with Gasteiger partial charge in [0.15, 0.2) is 0 Å². The standard InChI is InChI=1S/C43H26N6/c1-2-11-32-30(10-1)34(38-14-4-6-20-45-38)25-36-35-23-27(37-13-3-5-19-44-37)15-17-39(35)49(43(32)36)40-18-16-29(26-48-40)33-24-28-9-7-21-46-41(28)42-31(33)12-8-22-47-42/h1-26H. The number of benzene rings is 4. The van der Waals surface area contributed by atoms with Crippen molar-refractivity contribution in [1.82, 2.24) is 29.5 Å². The lowest BCUT2D eigenvalue weighted by molar-refractivity contribution is 1.08. The number of aromatic nitrogens is 6. The van der Waals surface area contributed by atoms with E-state index in [4.69, 9.17) is 15.0 Å². The van der Waals surface area contributed by atoms with Crippen molar-refractivity contribution in [3.8, 4) is 39.5 Å². The zero-order valence-corrected chi connectivity index (χ0v) is 26.2. The summed E-state index contributed by atoms with van der Waals surface area (Å²) in [5.41, 5.74) is 10.1. The number of hydrogen-bond donors (Lipinski definition) is 0. The number of nitrogens with zero attached hydrogens (tertiary/aromatic N) is 6. The fourth-order valence-corrected chi connectivity index (χ4v) is 7.23. The fraction of sp³-hybridized carbons (Fsp3) is 0. The lowest BCUT2D eigenvalue weighted by Crippen LogP contribution is -1.98. The third kappa shape index (κ3) is 4.31. The van der Waals surface area contributed by atoms with Gasteiger partial charge in [0, 0.05) is 74.6 Å². The average molecular weight is 627 g/mol. The Kier molecular flexibility index (Phi) is 6.08. The van der Waals surface area contributed by atoms with Crippen LogP contribution in [0, 0.1) is 0 Å². The second kappa shape index (κ2) is 10.9. The summed E-state index contributed by atoms with van der Waals surface area (Å²) in [7, 11) is 0. The first-order valence-corrected chi connectivity index (χ1v) is 16.2. The molecule has 0 N–H and O–H groups in total. The van der Waals surface area contributed by atoms with E-state index in [9.17, 15) is 0 Å². The van der Waals surface area contributed by atoms with Crippen LogP contribution < -0.4 is 0 Å². The second-order valence-corrected chi connectivity index (χ2v) is 12.2. The van der Waals surface area contributed by atoms with Crippen molar-refractivity contribution in [3.63, 3.8) is 0 Å². The molecule has 6 heteroatoms. The third-order valence-electron chi connectivity index (χ3n) is 9.42. The topological polar surface area (TPSA) is 69.4 Å². The van der Waals surface area contributed by atoms with E-state index in [0.717, 1.165) is 93.8 Å². The number of fused-ring (bicyclic) bond motifs is 8. The molecule has 0 atom stereocenters. The molecular formula is C43H26N6. The van der Waals surface area contributed by atoms with E-state index in [1.54, 1.807) is 0 Å². The van der Waals surface area contributed by atoms with Crippen molar-refractivity contribution >= 4 is 54.4 Å².